The zero-order valence-corrected chi connectivity index (χ0v) is 11.9. The number of rotatable bonds is 7. The molecule has 1 aromatic carbocycles. The molecule has 0 spiro atoms. The van der Waals surface area contributed by atoms with E-state index in [-0.39, 0.29) is 18.5 Å². The van der Waals surface area contributed by atoms with Crippen molar-refractivity contribution in [3.05, 3.63) is 41.2 Å². The van der Waals surface area contributed by atoms with E-state index in [0.29, 0.717) is 0 Å². The van der Waals surface area contributed by atoms with Crippen molar-refractivity contribution in [1.29, 1.82) is 0 Å². The van der Waals surface area contributed by atoms with Crippen LogP contribution in [-0.4, -0.2) is 24.6 Å². The Balaban J connectivity index is 3.18. The Kier molecular flexibility index (Phi) is 6.50. The van der Waals surface area contributed by atoms with Gasteiger partial charge in [-0.25, -0.2) is 0 Å². The van der Waals surface area contributed by atoms with Gasteiger partial charge in [0.15, 0.2) is 0 Å². The summed E-state index contributed by atoms with van der Waals surface area (Å²) in [5, 5.41) is 11.9. The molecule has 0 bridgehead atoms. The van der Waals surface area contributed by atoms with Crippen LogP contribution in [0.1, 0.15) is 19.4 Å². The maximum absolute atomic E-state index is 12.6. The van der Waals surface area contributed by atoms with Gasteiger partial charge in [0.25, 0.3) is 0 Å². The molecule has 5 nitrogen and oxygen atoms in total. The fraction of sp³-hybridized carbons (Fsp3) is 0.308. The predicted molar refractivity (Wildman–Crippen MR) is 75.6 cm³/mol. The molecule has 0 saturated heterocycles. The summed E-state index contributed by atoms with van der Waals surface area (Å²) >= 11 is 0. The summed E-state index contributed by atoms with van der Waals surface area (Å²) in [6.45, 7) is 3.93. The highest BCUT2D eigenvalue weighted by atomic mass is 31.2. The van der Waals surface area contributed by atoms with Crippen molar-refractivity contribution in [1.82, 2.24) is 0 Å². The van der Waals surface area contributed by atoms with E-state index in [0.717, 1.165) is 11.8 Å². The van der Waals surface area contributed by atoms with Crippen LogP contribution in [0.4, 0.5) is 0 Å². The molecule has 0 fully saturated rings. The molecule has 6 heteroatoms. The minimum Gasteiger partial charge on any atom is -0.411 e. The van der Waals surface area contributed by atoms with E-state index in [9.17, 15) is 4.57 Å². The smallest absolute Gasteiger partial charge is 0.363 e. The molecule has 0 amide bonds. The highest BCUT2D eigenvalue weighted by molar-refractivity contribution is 7.60. The first kappa shape index (κ1) is 15.6. The van der Waals surface area contributed by atoms with Gasteiger partial charge < -0.3 is 14.3 Å². The Hall–Kier alpha value is -1.42. The molecule has 0 radical (unpaired) electrons. The van der Waals surface area contributed by atoms with Crippen LogP contribution in [0.3, 0.4) is 0 Å². The normalized spacial score (nSPS) is 13.1. The zero-order chi connectivity index (χ0) is 14.1. The first-order chi connectivity index (χ1) is 9.16. The number of nitrogens with zero attached hydrogens (tertiary/aromatic N) is 1. The van der Waals surface area contributed by atoms with Crippen molar-refractivity contribution < 1.29 is 18.8 Å². The van der Waals surface area contributed by atoms with Crippen LogP contribution in [-0.2, 0) is 13.6 Å². The van der Waals surface area contributed by atoms with Gasteiger partial charge in [0.2, 0.25) is 0 Å². The van der Waals surface area contributed by atoms with Crippen LogP contribution in [0.2, 0.25) is 0 Å². The second-order valence-corrected chi connectivity index (χ2v) is 5.59. The lowest BCUT2D eigenvalue weighted by atomic mass is 10.2. The van der Waals surface area contributed by atoms with Gasteiger partial charge in [-0.1, -0.05) is 35.5 Å². The van der Waals surface area contributed by atoms with E-state index in [4.69, 9.17) is 14.3 Å². The van der Waals surface area contributed by atoms with Crippen molar-refractivity contribution in [2.24, 2.45) is 5.16 Å². The maximum Gasteiger partial charge on any atom is 0.363 e. The number of oxime groups is 1. The van der Waals surface area contributed by atoms with Crippen LogP contribution in [0.15, 0.2) is 40.8 Å². The molecule has 0 heterocycles. The summed E-state index contributed by atoms with van der Waals surface area (Å²) < 4.78 is 23.0. The highest BCUT2D eigenvalue weighted by Gasteiger charge is 2.28. The van der Waals surface area contributed by atoms with Crippen LogP contribution >= 0.6 is 7.60 Å². The molecule has 0 atom stereocenters. The monoisotopic (exact) mass is 283 g/mol. The first-order valence-electron chi connectivity index (χ1n) is 6.00. The van der Waals surface area contributed by atoms with E-state index >= 15 is 0 Å². The molecule has 1 aromatic rings. The van der Waals surface area contributed by atoms with E-state index in [1.54, 1.807) is 19.9 Å². The van der Waals surface area contributed by atoms with Crippen LogP contribution < -0.4 is 0 Å². The Bertz CT molecular complexity index is 475. The van der Waals surface area contributed by atoms with Gasteiger partial charge >= 0.3 is 7.60 Å². The average Bonchev–Trinajstić information content (AvgIpc) is 2.40. The number of allylic oxidation sites excluding steroid dienone is 1. The second-order valence-electron chi connectivity index (χ2n) is 3.56. The Morgan fingerprint density at radius 1 is 1.26 bits per heavy atom. The fourth-order valence-electron chi connectivity index (χ4n) is 1.49. The van der Waals surface area contributed by atoms with E-state index < -0.39 is 7.60 Å². The first-order valence-corrected chi connectivity index (χ1v) is 7.54. The van der Waals surface area contributed by atoms with E-state index in [1.807, 2.05) is 30.3 Å². The lowest BCUT2D eigenvalue weighted by Crippen LogP contribution is -2.00. The molecule has 0 aliphatic carbocycles. The van der Waals surface area contributed by atoms with Gasteiger partial charge in [-0.3, -0.25) is 4.57 Å². The maximum atomic E-state index is 12.6. The summed E-state index contributed by atoms with van der Waals surface area (Å²) in [4.78, 5) is 0. The third-order valence-electron chi connectivity index (χ3n) is 2.22. The largest absolute Gasteiger partial charge is 0.411 e. The van der Waals surface area contributed by atoms with Crippen molar-refractivity contribution in [2.45, 2.75) is 13.8 Å². The van der Waals surface area contributed by atoms with Gasteiger partial charge in [-0.05, 0) is 25.5 Å². The van der Waals surface area contributed by atoms with Crippen molar-refractivity contribution >= 4 is 19.9 Å². The van der Waals surface area contributed by atoms with Crippen molar-refractivity contribution in [2.75, 3.05) is 13.2 Å². The van der Waals surface area contributed by atoms with E-state index in [2.05, 4.69) is 5.16 Å². The minimum absolute atomic E-state index is 0.213. The van der Waals surface area contributed by atoms with Crippen molar-refractivity contribution in [3.8, 4) is 0 Å². The SMILES string of the molecule is CCOP(=O)(OCC)C(/C=N/O)=C/c1ccccc1. The average molecular weight is 283 g/mol. The third-order valence-corrected chi connectivity index (χ3v) is 4.29. The molecule has 0 aromatic heterocycles. The van der Waals surface area contributed by atoms with Crippen LogP contribution in [0, 0.1) is 0 Å². The summed E-state index contributed by atoms with van der Waals surface area (Å²) in [5.41, 5.74) is 0.817. The van der Waals surface area contributed by atoms with Gasteiger partial charge in [-0.15, -0.1) is 0 Å². The molecular formula is C13H18NO4P. The molecule has 0 unspecified atom stereocenters. The minimum atomic E-state index is -3.46. The Labute approximate surface area is 113 Å². The molecule has 104 valence electrons. The van der Waals surface area contributed by atoms with Crippen molar-refractivity contribution in [3.63, 3.8) is 0 Å². The quantitative estimate of drug-likeness (QED) is 0.358. The lowest BCUT2D eigenvalue weighted by molar-refractivity contribution is 0.227. The standard InChI is InChI=1S/C13H18NO4P/c1-3-17-19(16,18-4-2)13(11-14-15)10-12-8-6-5-7-9-12/h5-11,15H,3-4H2,1-2H3/b13-10+,14-11+. The number of benzene rings is 1. The van der Waals surface area contributed by atoms with Gasteiger partial charge in [-0.2, -0.15) is 0 Å². The second kappa shape index (κ2) is 7.89. The van der Waals surface area contributed by atoms with E-state index in [1.165, 1.54) is 0 Å². The molecule has 0 saturated carbocycles. The van der Waals surface area contributed by atoms with Gasteiger partial charge in [0.1, 0.15) is 0 Å². The van der Waals surface area contributed by atoms with Crippen LogP contribution in [0.5, 0.6) is 0 Å². The fourth-order valence-corrected chi connectivity index (χ4v) is 3.05. The molecular weight excluding hydrogens is 265 g/mol. The Morgan fingerprint density at radius 2 is 1.84 bits per heavy atom. The molecule has 19 heavy (non-hydrogen) atoms. The topological polar surface area (TPSA) is 68.1 Å². The summed E-state index contributed by atoms with van der Waals surface area (Å²) in [6, 6.07) is 9.26. The molecule has 0 aliphatic heterocycles. The van der Waals surface area contributed by atoms with Crippen LogP contribution in [0.25, 0.3) is 6.08 Å². The summed E-state index contributed by atoms with van der Waals surface area (Å²) in [6.07, 6.45) is 2.70. The highest BCUT2D eigenvalue weighted by Crippen LogP contribution is 2.55. The summed E-state index contributed by atoms with van der Waals surface area (Å²) in [7, 11) is -3.46. The molecule has 1 N–H and O–H groups in total. The Morgan fingerprint density at radius 3 is 2.32 bits per heavy atom. The lowest BCUT2D eigenvalue weighted by Gasteiger charge is -2.17. The number of hydrogen-bond acceptors (Lipinski definition) is 5. The van der Waals surface area contributed by atoms with Gasteiger partial charge in [0, 0.05) is 0 Å². The number of hydrogen-bond donors (Lipinski definition) is 1. The predicted octanol–water partition coefficient (Wildman–Crippen LogP) is 3.75. The molecule has 1 rings (SSSR count). The third kappa shape index (κ3) is 4.63. The zero-order valence-electron chi connectivity index (χ0n) is 11.0. The van der Waals surface area contributed by atoms with Gasteiger partial charge in [0.05, 0.1) is 24.7 Å². The molecule has 0 aliphatic rings. The summed E-state index contributed by atoms with van der Waals surface area (Å²) in [5.74, 6) is 0.